The van der Waals surface area contributed by atoms with Crippen LogP contribution in [0.25, 0.3) is 0 Å². The van der Waals surface area contributed by atoms with E-state index in [0.717, 1.165) is 11.3 Å². The minimum Gasteiger partial charge on any atom is -0.492 e. The zero-order chi connectivity index (χ0) is 12.0. The number of carbonyl (C=O) groups excluding carboxylic acids is 1. The molecule has 0 spiro atoms. The fraction of sp³-hybridized carbons (Fsp3) is 0.417. The van der Waals surface area contributed by atoms with E-state index in [2.05, 4.69) is 21.2 Å². The Morgan fingerprint density at radius 2 is 2.31 bits per heavy atom. The van der Waals surface area contributed by atoms with Crippen molar-refractivity contribution in [2.75, 3.05) is 13.2 Å². The summed E-state index contributed by atoms with van der Waals surface area (Å²) in [6.07, 6.45) is 0. The molecule has 3 nitrogen and oxygen atoms in total. The van der Waals surface area contributed by atoms with Crippen LogP contribution < -0.4 is 10.1 Å². The summed E-state index contributed by atoms with van der Waals surface area (Å²) in [6.45, 7) is 4.80. The topological polar surface area (TPSA) is 38.3 Å². The van der Waals surface area contributed by atoms with E-state index in [0.29, 0.717) is 13.2 Å². The molecule has 1 aromatic carbocycles. The van der Waals surface area contributed by atoms with Gasteiger partial charge in [0.05, 0.1) is 11.4 Å². The Morgan fingerprint density at radius 3 is 2.94 bits per heavy atom. The monoisotopic (exact) mass is 285 g/mol. The first-order valence-electron chi connectivity index (χ1n) is 5.21. The van der Waals surface area contributed by atoms with E-state index in [4.69, 9.17) is 4.74 Å². The molecule has 0 aliphatic heterocycles. The van der Waals surface area contributed by atoms with E-state index in [1.165, 1.54) is 0 Å². The number of halogens is 1. The zero-order valence-corrected chi connectivity index (χ0v) is 11.1. The lowest BCUT2D eigenvalue weighted by Gasteiger charge is -2.08. The van der Waals surface area contributed by atoms with Gasteiger partial charge in [0.1, 0.15) is 12.4 Å². The zero-order valence-electron chi connectivity index (χ0n) is 9.50. The largest absolute Gasteiger partial charge is 0.492 e. The quantitative estimate of drug-likeness (QED) is 0.666. The molecular formula is C12H16BrNO2. The molecule has 0 aromatic heterocycles. The Labute approximate surface area is 104 Å². The lowest BCUT2D eigenvalue weighted by molar-refractivity contribution is -0.120. The van der Waals surface area contributed by atoms with Crippen LogP contribution in [0.5, 0.6) is 5.75 Å². The van der Waals surface area contributed by atoms with Crippen molar-refractivity contribution >= 4 is 21.8 Å². The SMILES string of the molecule is Cc1cccc(OCCNC(=O)C(C)Br)c1. The highest BCUT2D eigenvalue weighted by atomic mass is 79.9. The van der Waals surface area contributed by atoms with Crippen molar-refractivity contribution < 1.29 is 9.53 Å². The molecule has 1 aromatic rings. The maximum Gasteiger partial charge on any atom is 0.233 e. The number of carbonyl (C=O) groups is 1. The van der Waals surface area contributed by atoms with Gasteiger partial charge < -0.3 is 10.1 Å². The molecule has 0 heterocycles. The van der Waals surface area contributed by atoms with E-state index in [-0.39, 0.29) is 10.7 Å². The second-order valence-corrected chi connectivity index (χ2v) is 4.95. The first kappa shape index (κ1) is 13.0. The van der Waals surface area contributed by atoms with Crippen LogP contribution in [-0.2, 0) is 4.79 Å². The highest BCUT2D eigenvalue weighted by Crippen LogP contribution is 2.11. The van der Waals surface area contributed by atoms with Crippen LogP contribution in [0.1, 0.15) is 12.5 Å². The lowest BCUT2D eigenvalue weighted by atomic mass is 10.2. The highest BCUT2D eigenvalue weighted by molar-refractivity contribution is 9.10. The minimum atomic E-state index is -0.161. The van der Waals surface area contributed by atoms with Gasteiger partial charge in [0.15, 0.2) is 0 Å². The highest BCUT2D eigenvalue weighted by Gasteiger charge is 2.06. The molecule has 1 atom stereocenters. The third kappa shape index (κ3) is 4.66. The van der Waals surface area contributed by atoms with Gasteiger partial charge in [0, 0.05) is 0 Å². The van der Waals surface area contributed by atoms with Crippen LogP contribution in [0.4, 0.5) is 0 Å². The lowest BCUT2D eigenvalue weighted by Crippen LogP contribution is -2.32. The smallest absolute Gasteiger partial charge is 0.233 e. The Hall–Kier alpha value is -1.03. The summed E-state index contributed by atoms with van der Waals surface area (Å²) in [6, 6.07) is 7.84. The molecule has 88 valence electrons. The molecular weight excluding hydrogens is 270 g/mol. The summed E-state index contributed by atoms with van der Waals surface area (Å²) in [5, 5.41) is 2.76. The number of aryl methyl sites for hydroxylation is 1. The summed E-state index contributed by atoms with van der Waals surface area (Å²) >= 11 is 3.19. The number of amides is 1. The fourth-order valence-corrected chi connectivity index (χ4v) is 1.35. The van der Waals surface area contributed by atoms with Crippen LogP contribution in [0.3, 0.4) is 0 Å². The predicted octanol–water partition coefficient (Wildman–Crippen LogP) is 2.27. The summed E-state index contributed by atoms with van der Waals surface area (Å²) < 4.78 is 5.49. The molecule has 0 aliphatic carbocycles. The molecule has 0 aliphatic rings. The van der Waals surface area contributed by atoms with Crippen molar-refractivity contribution in [2.45, 2.75) is 18.7 Å². The van der Waals surface area contributed by atoms with Crippen LogP contribution >= 0.6 is 15.9 Å². The van der Waals surface area contributed by atoms with E-state index in [1.54, 1.807) is 6.92 Å². The van der Waals surface area contributed by atoms with Gasteiger partial charge in [0.2, 0.25) is 5.91 Å². The standard InChI is InChI=1S/C12H16BrNO2/c1-9-4-3-5-11(8-9)16-7-6-14-12(15)10(2)13/h3-5,8,10H,6-7H2,1-2H3,(H,14,15). The Balaban J connectivity index is 2.23. The third-order valence-electron chi connectivity index (χ3n) is 2.02. The maximum absolute atomic E-state index is 11.2. The van der Waals surface area contributed by atoms with Gasteiger partial charge in [-0.1, -0.05) is 28.1 Å². The van der Waals surface area contributed by atoms with Gasteiger partial charge >= 0.3 is 0 Å². The predicted molar refractivity (Wildman–Crippen MR) is 68.1 cm³/mol. The summed E-state index contributed by atoms with van der Waals surface area (Å²) in [5.41, 5.74) is 1.16. The minimum absolute atomic E-state index is 0.0205. The first-order chi connectivity index (χ1) is 7.59. The third-order valence-corrected chi connectivity index (χ3v) is 2.44. The van der Waals surface area contributed by atoms with Crippen molar-refractivity contribution in [2.24, 2.45) is 0 Å². The van der Waals surface area contributed by atoms with Gasteiger partial charge in [-0.3, -0.25) is 4.79 Å². The fourth-order valence-electron chi connectivity index (χ4n) is 1.19. The molecule has 0 saturated carbocycles. The number of nitrogens with one attached hydrogen (secondary N) is 1. The maximum atomic E-state index is 11.2. The van der Waals surface area contributed by atoms with Crippen molar-refractivity contribution in [3.05, 3.63) is 29.8 Å². The molecule has 1 N–H and O–H groups in total. The number of ether oxygens (including phenoxy) is 1. The van der Waals surface area contributed by atoms with Crippen molar-refractivity contribution in [1.82, 2.24) is 5.32 Å². The van der Waals surface area contributed by atoms with Crippen molar-refractivity contribution in [1.29, 1.82) is 0 Å². The number of alkyl halides is 1. The van der Waals surface area contributed by atoms with Crippen LogP contribution in [0, 0.1) is 6.92 Å². The van der Waals surface area contributed by atoms with E-state index in [1.807, 2.05) is 31.2 Å². The molecule has 0 saturated heterocycles. The van der Waals surface area contributed by atoms with Gasteiger partial charge in [-0.15, -0.1) is 0 Å². The number of hydrogen-bond donors (Lipinski definition) is 1. The molecule has 0 fully saturated rings. The molecule has 4 heteroatoms. The first-order valence-corrected chi connectivity index (χ1v) is 6.12. The number of hydrogen-bond acceptors (Lipinski definition) is 2. The van der Waals surface area contributed by atoms with Crippen LogP contribution in [0.15, 0.2) is 24.3 Å². The summed E-state index contributed by atoms with van der Waals surface area (Å²) in [7, 11) is 0. The van der Waals surface area contributed by atoms with E-state index < -0.39 is 0 Å². The summed E-state index contributed by atoms with van der Waals surface area (Å²) in [4.78, 5) is 11.0. The molecule has 16 heavy (non-hydrogen) atoms. The second kappa shape index (κ2) is 6.53. The number of benzene rings is 1. The van der Waals surface area contributed by atoms with Crippen molar-refractivity contribution in [3.63, 3.8) is 0 Å². The van der Waals surface area contributed by atoms with E-state index in [9.17, 15) is 4.79 Å². The normalized spacial score (nSPS) is 11.9. The average molecular weight is 286 g/mol. The molecule has 1 unspecified atom stereocenters. The Morgan fingerprint density at radius 1 is 1.56 bits per heavy atom. The molecule has 1 amide bonds. The van der Waals surface area contributed by atoms with Crippen LogP contribution in [-0.4, -0.2) is 23.9 Å². The van der Waals surface area contributed by atoms with Crippen LogP contribution in [0.2, 0.25) is 0 Å². The van der Waals surface area contributed by atoms with Gasteiger partial charge in [-0.2, -0.15) is 0 Å². The van der Waals surface area contributed by atoms with Gasteiger partial charge in [-0.05, 0) is 31.5 Å². The van der Waals surface area contributed by atoms with Gasteiger partial charge in [0.25, 0.3) is 0 Å². The summed E-state index contributed by atoms with van der Waals surface area (Å²) in [5.74, 6) is 0.814. The average Bonchev–Trinajstić information content (AvgIpc) is 2.24. The Bertz CT molecular complexity index is 353. The molecule has 1 rings (SSSR count). The van der Waals surface area contributed by atoms with Crippen molar-refractivity contribution in [3.8, 4) is 5.75 Å². The second-order valence-electron chi connectivity index (χ2n) is 3.57. The molecule has 0 bridgehead atoms. The Kier molecular flexibility index (Phi) is 5.32. The van der Waals surface area contributed by atoms with E-state index >= 15 is 0 Å². The van der Waals surface area contributed by atoms with Gasteiger partial charge in [-0.25, -0.2) is 0 Å². The number of rotatable bonds is 5. The molecule has 0 radical (unpaired) electrons.